The second kappa shape index (κ2) is 6.13. The number of aryl methyl sites for hydroxylation is 1. The first kappa shape index (κ1) is 14.0. The summed E-state index contributed by atoms with van der Waals surface area (Å²) < 4.78 is 0. The maximum absolute atomic E-state index is 6.02. The Morgan fingerprint density at radius 3 is 2.83 bits per heavy atom. The second-order valence-electron chi connectivity index (χ2n) is 5.60. The third-order valence-corrected chi connectivity index (χ3v) is 4.93. The molecule has 1 aromatic rings. The topological polar surface area (TPSA) is 42.1 Å². The number of rotatable bonds is 3. The van der Waals surface area contributed by atoms with Crippen LogP contribution in [0, 0.1) is 12.8 Å². The minimum Gasteiger partial charge on any atom is -0.330 e. The van der Waals surface area contributed by atoms with Crippen molar-refractivity contribution < 1.29 is 0 Å². The summed E-state index contributed by atoms with van der Waals surface area (Å²) in [6.07, 6.45) is 3.82. The van der Waals surface area contributed by atoms with Gasteiger partial charge in [0, 0.05) is 17.1 Å². The summed E-state index contributed by atoms with van der Waals surface area (Å²) >= 11 is 1.80. The average Bonchev–Trinajstić information content (AvgIpc) is 2.64. The molecule has 102 valence electrons. The minimum atomic E-state index is 0.427. The molecule has 1 aliphatic heterocycles. The van der Waals surface area contributed by atoms with Crippen LogP contribution in [-0.4, -0.2) is 29.0 Å². The molecule has 2 rings (SSSR count). The Hall–Kier alpha value is -0.450. The summed E-state index contributed by atoms with van der Waals surface area (Å²) in [7, 11) is 0. The summed E-state index contributed by atoms with van der Waals surface area (Å²) in [5.41, 5.74) is 7.16. The summed E-state index contributed by atoms with van der Waals surface area (Å²) in [6, 6.07) is 0.988. The van der Waals surface area contributed by atoms with Gasteiger partial charge in [0.1, 0.15) is 5.01 Å². The van der Waals surface area contributed by atoms with E-state index in [1.54, 1.807) is 11.3 Å². The molecule has 0 radical (unpaired) electrons. The number of nitrogens with two attached hydrogens (primary N) is 1. The molecule has 0 aromatic carbocycles. The zero-order valence-electron chi connectivity index (χ0n) is 11.7. The molecule has 4 heteroatoms. The van der Waals surface area contributed by atoms with Crippen LogP contribution in [0.5, 0.6) is 0 Å². The van der Waals surface area contributed by atoms with E-state index in [-0.39, 0.29) is 0 Å². The zero-order chi connectivity index (χ0) is 13.1. The maximum atomic E-state index is 6.02. The molecule has 1 saturated heterocycles. The molecule has 0 spiro atoms. The third kappa shape index (κ3) is 2.92. The molecule has 0 aliphatic carbocycles. The van der Waals surface area contributed by atoms with E-state index in [2.05, 4.69) is 31.1 Å². The van der Waals surface area contributed by atoms with Gasteiger partial charge < -0.3 is 5.73 Å². The van der Waals surface area contributed by atoms with E-state index in [9.17, 15) is 0 Å². The Morgan fingerprint density at radius 2 is 2.28 bits per heavy atom. The first-order chi connectivity index (χ1) is 8.63. The van der Waals surface area contributed by atoms with Crippen molar-refractivity contribution in [3.05, 3.63) is 16.1 Å². The van der Waals surface area contributed by atoms with Gasteiger partial charge in [0.2, 0.25) is 0 Å². The fraction of sp³-hybridized carbons (Fsp3) is 0.786. The van der Waals surface area contributed by atoms with Crippen molar-refractivity contribution in [2.75, 3.05) is 13.1 Å². The standard InChI is InChI=1S/C14H25N3S/c1-10(2)17-7-5-4-6-12(8-15)13(17)14-16-11(3)9-18-14/h9-10,12-13H,4-8,15H2,1-3H3. The molecule has 0 saturated carbocycles. The van der Waals surface area contributed by atoms with Crippen LogP contribution < -0.4 is 5.73 Å². The van der Waals surface area contributed by atoms with Crippen LogP contribution in [0.2, 0.25) is 0 Å². The van der Waals surface area contributed by atoms with Crippen LogP contribution in [0.1, 0.15) is 49.9 Å². The first-order valence-corrected chi connectivity index (χ1v) is 7.89. The van der Waals surface area contributed by atoms with E-state index in [4.69, 9.17) is 10.7 Å². The monoisotopic (exact) mass is 267 g/mol. The molecule has 1 aromatic heterocycles. The highest BCUT2D eigenvalue weighted by atomic mass is 32.1. The lowest BCUT2D eigenvalue weighted by Crippen LogP contribution is -2.39. The number of likely N-dealkylation sites (tertiary alicyclic amines) is 1. The lowest BCUT2D eigenvalue weighted by molar-refractivity contribution is 0.121. The van der Waals surface area contributed by atoms with Gasteiger partial charge in [-0.15, -0.1) is 11.3 Å². The minimum absolute atomic E-state index is 0.427. The fourth-order valence-corrected chi connectivity index (χ4v) is 3.95. The molecule has 2 N–H and O–H groups in total. The normalized spacial score (nSPS) is 26.5. The molecular weight excluding hydrogens is 242 g/mol. The number of hydrogen-bond acceptors (Lipinski definition) is 4. The van der Waals surface area contributed by atoms with Gasteiger partial charge in [-0.25, -0.2) is 4.98 Å². The van der Waals surface area contributed by atoms with E-state index in [0.29, 0.717) is 18.0 Å². The Bertz CT molecular complexity index is 375. The average molecular weight is 267 g/mol. The Morgan fingerprint density at radius 1 is 1.50 bits per heavy atom. The van der Waals surface area contributed by atoms with Crippen molar-refractivity contribution in [1.82, 2.24) is 9.88 Å². The zero-order valence-corrected chi connectivity index (χ0v) is 12.5. The summed E-state index contributed by atoms with van der Waals surface area (Å²) in [5, 5.41) is 3.42. The van der Waals surface area contributed by atoms with Gasteiger partial charge >= 0.3 is 0 Å². The smallest absolute Gasteiger partial charge is 0.110 e. The van der Waals surface area contributed by atoms with Crippen molar-refractivity contribution in [3.8, 4) is 0 Å². The SMILES string of the molecule is Cc1csc(C2C(CN)CCCCN2C(C)C)n1. The summed E-state index contributed by atoms with van der Waals surface area (Å²) in [5.74, 6) is 0.556. The fourth-order valence-electron chi connectivity index (χ4n) is 2.95. The Kier molecular flexibility index (Phi) is 4.76. The van der Waals surface area contributed by atoms with Crippen molar-refractivity contribution >= 4 is 11.3 Å². The number of thiazole rings is 1. The van der Waals surface area contributed by atoms with Crippen molar-refractivity contribution in [2.45, 2.75) is 52.1 Å². The predicted molar refractivity (Wildman–Crippen MR) is 77.8 cm³/mol. The Labute approximate surface area is 114 Å². The van der Waals surface area contributed by atoms with Crippen LogP contribution in [0.15, 0.2) is 5.38 Å². The van der Waals surface area contributed by atoms with Gasteiger partial charge in [-0.2, -0.15) is 0 Å². The van der Waals surface area contributed by atoms with E-state index in [0.717, 1.165) is 12.2 Å². The van der Waals surface area contributed by atoms with Gasteiger partial charge in [-0.05, 0) is 52.6 Å². The molecule has 18 heavy (non-hydrogen) atoms. The first-order valence-electron chi connectivity index (χ1n) is 7.01. The molecular formula is C14H25N3S. The highest BCUT2D eigenvalue weighted by Crippen LogP contribution is 2.37. The number of nitrogens with zero attached hydrogens (tertiary/aromatic N) is 2. The third-order valence-electron chi connectivity index (χ3n) is 3.90. The van der Waals surface area contributed by atoms with Gasteiger partial charge in [-0.1, -0.05) is 6.42 Å². The van der Waals surface area contributed by atoms with Crippen LogP contribution >= 0.6 is 11.3 Å². The lowest BCUT2D eigenvalue weighted by Gasteiger charge is -2.36. The number of hydrogen-bond donors (Lipinski definition) is 1. The number of aromatic nitrogens is 1. The van der Waals surface area contributed by atoms with Crippen LogP contribution in [0.25, 0.3) is 0 Å². The van der Waals surface area contributed by atoms with Crippen molar-refractivity contribution in [3.63, 3.8) is 0 Å². The lowest BCUT2D eigenvalue weighted by atomic mass is 9.94. The molecule has 0 amide bonds. The van der Waals surface area contributed by atoms with Gasteiger partial charge in [0.25, 0.3) is 0 Å². The van der Waals surface area contributed by atoms with E-state index >= 15 is 0 Å². The maximum Gasteiger partial charge on any atom is 0.110 e. The van der Waals surface area contributed by atoms with Crippen LogP contribution in [0.3, 0.4) is 0 Å². The van der Waals surface area contributed by atoms with Crippen LogP contribution in [0.4, 0.5) is 0 Å². The van der Waals surface area contributed by atoms with E-state index in [1.807, 2.05) is 0 Å². The molecule has 0 bridgehead atoms. The van der Waals surface area contributed by atoms with Gasteiger partial charge in [0.05, 0.1) is 6.04 Å². The summed E-state index contributed by atoms with van der Waals surface area (Å²) in [4.78, 5) is 7.33. The van der Waals surface area contributed by atoms with Gasteiger partial charge in [0.15, 0.2) is 0 Å². The molecule has 2 atom stereocenters. The molecule has 1 aliphatic rings. The Balaban J connectivity index is 2.32. The molecule has 1 fully saturated rings. The van der Waals surface area contributed by atoms with Crippen molar-refractivity contribution in [1.29, 1.82) is 0 Å². The predicted octanol–water partition coefficient (Wildman–Crippen LogP) is 2.96. The quantitative estimate of drug-likeness (QED) is 0.915. The largest absolute Gasteiger partial charge is 0.330 e. The molecule has 3 nitrogen and oxygen atoms in total. The highest BCUT2D eigenvalue weighted by molar-refractivity contribution is 7.09. The van der Waals surface area contributed by atoms with Gasteiger partial charge in [-0.3, -0.25) is 4.90 Å². The van der Waals surface area contributed by atoms with Crippen LogP contribution in [-0.2, 0) is 0 Å². The van der Waals surface area contributed by atoms with E-state index < -0.39 is 0 Å². The second-order valence-corrected chi connectivity index (χ2v) is 6.48. The van der Waals surface area contributed by atoms with E-state index in [1.165, 1.54) is 30.8 Å². The summed E-state index contributed by atoms with van der Waals surface area (Å²) in [6.45, 7) is 8.59. The molecule has 2 unspecified atom stereocenters. The molecule has 2 heterocycles. The highest BCUT2D eigenvalue weighted by Gasteiger charge is 2.33. The van der Waals surface area contributed by atoms with Crippen molar-refractivity contribution in [2.24, 2.45) is 11.7 Å².